The van der Waals surface area contributed by atoms with Crippen LogP contribution in [0, 0.1) is 34.6 Å². The summed E-state index contributed by atoms with van der Waals surface area (Å²) >= 11 is 0. The lowest BCUT2D eigenvalue weighted by Gasteiger charge is -2.24. The third-order valence-corrected chi connectivity index (χ3v) is 9.24. The summed E-state index contributed by atoms with van der Waals surface area (Å²) in [5, 5.41) is 3.52. The van der Waals surface area contributed by atoms with E-state index in [-0.39, 0.29) is 5.92 Å². The Balaban J connectivity index is 0.000000203. The van der Waals surface area contributed by atoms with E-state index in [1.165, 1.54) is 72.5 Å². The number of allylic oxidation sites excluding steroid dienone is 1. The van der Waals surface area contributed by atoms with Crippen molar-refractivity contribution in [1.82, 2.24) is 5.32 Å². The first kappa shape index (κ1) is 36.7. The topological polar surface area (TPSA) is 12.0 Å². The molecule has 0 fully saturated rings. The lowest BCUT2D eigenvalue weighted by atomic mass is 9.83. The molecular weight excluding hydrogens is 591 g/mol. The molecule has 0 unspecified atom stereocenters. The molecule has 250 valence electrons. The van der Waals surface area contributed by atoms with Gasteiger partial charge in [0.25, 0.3) is 0 Å². The molecule has 1 nitrogen and oxygen atoms in total. The Hall–Kier alpha value is -5.14. The van der Waals surface area contributed by atoms with E-state index in [0.717, 1.165) is 6.42 Å². The van der Waals surface area contributed by atoms with Gasteiger partial charge in [-0.05, 0) is 104 Å². The second-order valence-corrected chi connectivity index (χ2v) is 12.8. The molecule has 0 amide bonds. The molecule has 0 aliphatic heterocycles. The van der Waals surface area contributed by atoms with Crippen molar-refractivity contribution in [1.29, 1.82) is 0 Å². The summed E-state index contributed by atoms with van der Waals surface area (Å²) in [5.41, 5.74) is 17.3. The molecule has 6 aromatic rings. The SMILES string of the molecule is CCc1ccc(C)cc1/C(NC)=C(\C)C(c1ccccc1)c1ccccc1.Cc1ccccc1.Cc1ccccc1-c1cccc(C)c1C. The first-order valence-electron chi connectivity index (χ1n) is 17.5. The molecule has 1 heteroatoms. The van der Waals surface area contributed by atoms with Gasteiger partial charge in [0.05, 0.1) is 0 Å². The number of benzene rings is 6. The van der Waals surface area contributed by atoms with Gasteiger partial charge in [0.15, 0.2) is 0 Å². The summed E-state index contributed by atoms with van der Waals surface area (Å²) in [4.78, 5) is 0. The van der Waals surface area contributed by atoms with E-state index in [4.69, 9.17) is 0 Å². The molecule has 6 rings (SSSR count). The minimum Gasteiger partial charge on any atom is -0.388 e. The maximum Gasteiger partial charge on any atom is 0.0412 e. The van der Waals surface area contributed by atoms with E-state index < -0.39 is 0 Å². The molecule has 0 saturated heterocycles. The van der Waals surface area contributed by atoms with Gasteiger partial charge < -0.3 is 5.32 Å². The van der Waals surface area contributed by atoms with E-state index in [9.17, 15) is 0 Å². The van der Waals surface area contributed by atoms with Gasteiger partial charge in [-0.15, -0.1) is 0 Å². The van der Waals surface area contributed by atoms with Gasteiger partial charge in [-0.1, -0.05) is 164 Å². The first-order chi connectivity index (χ1) is 23.7. The second kappa shape index (κ2) is 18.4. The molecule has 0 radical (unpaired) electrons. The number of nitrogens with one attached hydrogen (secondary N) is 1. The number of rotatable bonds is 7. The predicted molar refractivity (Wildman–Crippen MR) is 214 cm³/mol. The van der Waals surface area contributed by atoms with Crippen molar-refractivity contribution in [3.8, 4) is 11.1 Å². The van der Waals surface area contributed by atoms with Crippen molar-refractivity contribution in [2.45, 2.75) is 60.8 Å². The molecule has 0 aliphatic carbocycles. The van der Waals surface area contributed by atoms with E-state index in [2.05, 4.69) is 187 Å². The fourth-order valence-electron chi connectivity index (χ4n) is 6.36. The summed E-state index contributed by atoms with van der Waals surface area (Å²) < 4.78 is 0. The minimum atomic E-state index is 0.222. The highest BCUT2D eigenvalue weighted by Crippen LogP contribution is 2.36. The zero-order valence-electron chi connectivity index (χ0n) is 30.7. The van der Waals surface area contributed by atoms with Gasteiger partial charge in [0, 0.05) is 24.2 Å². The van der Waals surface area contributed by atoms with Crippen LogP contribution in [0.15, 0.2) is 157 Å². The van der Waals surface area contributed by atoms with E-state index in [0.29, 0.717) is 0 Å². The van der Waals surface area contributed by atoms with Crippen LogP contribution in [0.5, 0.6) is 0 Å². The average molecular weight is 644 g/mol. The van der Waals surface area contributed by atoms with Crippen molar-refractivity contribution in [2.75, 3.05) is 7.05 Å². The van der Waals surface area contributed by atoms with Crippen molar-refractivity contribution in [3.63, 3.8) is 0 Å². The molecular formula is C48H53N. The Morgan fingerprint density at radius 1 is 0.531 bits per heavy atom. The van der Waals surface area contributed by atoms with Crippen LogP contribution < -0.4 is 5.32 Å². The van der Waals surface area contributed by atoms with Crippen LogP contribution in [0.2, 0.25) is 0 Å². The van der Waals surface area contributed by atoms with Crippen molar-refractivity contribution in [2.24, 2.45) is 0 Å². The molecule has 0 bridgehead atoms. The zero-order valence-corrected chi connectivity index (χ0v) is 30.7. The average Bonchev–Trinajstić information content (AvgIpc) is 3.12. The van der Waals surface area contributed by atoms with Crippen LogP contribution in [-0.2, 0) is 6.42 Å². The molecule has 0 saturated carbocycles. The lowest BCUT2D eigenvalue weighted by Crippen LogP contribution is -2.14. The summed E-state index contributed by atoms with van der Waals surface area (Å²) in [6.45, 7) is 15.3. The fourth-order valence-corrected chi connectivity index (χ4v) is 6.36. The summed E-state index contributed by atoms with van der Waals surface area (Å²) in [5.74, 6) is 0.222. The standard InChI is InChI=1S/C26H29N.C15H16.C7H8/c1-5-21-17-16-19(2)18-24(21)26(27-4)20(3)25(22-12-8-6-9-13-22)23-14-10-7-11-15-23;1-11-8-6-10-15(13(11)3)14-9-5-4-7-12(14)2;1-7-5-3-2-4-6-7/h6-18,25,27H,5H2,1-4H3;4-10H,1-3H3;2-6H,1H3/b26-20-;;. The van der Waals surface area contributed by atoms with Gasteiger partial charge in [0.1, 0.15) is 0 Å². The highest BCUT2D eigenvalue weighted by molar-refractivity contribution is 5.73. The molecule has 0 aliphatic rings. The highest BCUT2D eigenvalue weighted by atomic mass is 14.8. The minimum absolute atomic E-state index is 0.222. The molecule has 6 aromatic carbocycles. The van der Waals surface area contributed by atoms with Crippen molar-refractivity contribution in [3.05, 3.63) is 207 Å². The third kappa shape index (κ3) is 9.94. The highest BCUT2D eigenvalue weighted by Gasteiger charge is 2.20. The van der Waals surface area contributed by atoms with Crippen LogP contribution >= 0.6 is 0 Å². The second-order valence-electron chi connectivity index (χ2n) is 12.8. The van der Waals surface area contributed by atoms with Gasteiger partial charge in [-0.2, -0.15) is 0 Å². The summed E-state index contributed by atoms with van der Waals surface area (Å²) in [7, 11) is 2.04. The largest absolute Gasteiger partial charge is 0.388 e. The van der Waals surface area contributed by atoms with E-state index in [1.54, 1.807) is 0 Å². The van der Waals surface area contributed by atoms with Crippen LogP contribution in [-0.4, -0.2) is 7.05 Å². The molecule has 0 atom stereocenters. The quantitative estimate of drug-likeness (QED) is 0.182. The maximum atomic E-state index is 3.52. The zero-order chi connectivity index (χ0) is 35.2. The lowest BCUT2D eigenvalue weighted by molar-refractivity contribution is 0.924. The van der Waals surface area contributed by atoms with Gasteiger partial charge in [0.2, 0.25) is 0 Å². The maximum absolute atomic E-state index is 3.52. The number of aryl methyl sites for hydroxylation is 5. The molecule has 0 heterocycles. The van der Waals surface area contributed by atoms with Crippen LogP contribution in [0.3, 0.4) is 0 Å². The monoisotopic (exact) mass is 643 g/mol. The van der Waals surface area contributed by atoms with E-state index in [1.807, 2.05) is 25.2 Å². The molecule has 0 aromatic heterocycles. The van der Waals surface area contributed by atoms with Crippen molar-refractivity contribution >= 4 is 5.70 Å². The molecule has 49 heavy (non-hydrogen) atoms. The van der Waals surface area contributed by atoms with Gasteiger partial charge in [-0.3, -0.25) is 0 Å². The Bertz CT molecular complexity index is 1880. The fraction of sp³-hybridized carbons (Fsp3) is 0.208. The Labute approximate surface area is 296 Å². The first-order valence-corrected chi connectivity index (χ1v) is 17.5. The van der Waals surface area contributed by atoms with Gasteiger partial charge in [-0.25, -0.2) is 0 Å². The Morgan fingerprint density at radius 3 is 1.55 bits per heavy atom. The predicted octanol–water partition coefficient (Wildman–Crippen LogP) is 12.6. The van der Waals surface area contributed by atoms with Crippen molar-refractivity contribution < 1.29 is 0 Å². The third-order valence-electron chi connectivity index (χ3n) is 9.24. The normalized spacial score (nSPS) is 11.0. The van der Waals surface area contributed by atoms with Crippen LogP contribution in [0.4, 0.5) is 0 Å². The van der Waals surface area contributed by atoms with E-state index >= 15 is 0 Å². The molecule has 1 N–H and O–H groups in total. The van der Waals surface area contributed by atoms with Crippen LogP contribution in [0.1, 0.15) is 69.8 Å². The molecule has 0 spiro atoms. The number of hydrogen-bond donors (Lipinski definition) is 1. The van der Waals surface area contributed by atoms with Crippen LogP contribution in [0.25, 0.3) is 16.8 Å². The summed E-state index contributed by atoms with van der Waals surface area (Å²) in [6.07, 6.45) is 1.02. The summed E-state index contributed by atoms with van der Waals surface area (Å²) in [6, 6.07) is 53.7. The Kier molecular flexibility index (Phi) is 13.8. The Morgan fingerprint density at radius 2 is 1.04 bits per heavy atom. The number of hydrogen-bond acceptors (Lipinski definition) is 1. The smallest absolute Gasteiger partial charge is 0.0412 e. The van der Waals surface area contributed by atoms with Gasteiger partial charge >= 0.3 is 0 Å².